The molecule has 0 saturated carbocycles. The van der Waals surface area contributed by atoms with Crippen molar-refractivity contribution in [1.82, 2.24) is 15.4 Å². The number of ether oxygens (including phenoxy) is 1. The van der Waals surface area contributed by atoms with Crippen LogP contribution in [0.1, 0.15) is 30.9 Å². The van der Waals surface area contributed by atoms with E-state index in [0.29, 0.717) is 50.4 Å². The van der Waals surface area contributed by atoms with Gasteiger partial charge < -0.3 is 14.4 Å². The minimum absolute atomic E-state index is 0.0574. The van der Waals surface area contributed by atoms with E-state index >= 15 is 4.39 Å². The van der Waals surface area contributed by atoms with Crippen LogP contribution in [0, 0.1) is 12.7 Å². The van der Waals surface area contributed by atoms with Crippen LogP contribution in [-0.4, -0.2) is 60.7 Å². The minimum atomic E-state index is -0.499. The lowest BCUT2D eigenvalue weighted by Crippen LogP contribution is -2.38. The zero-order valence-electron chi connectivity index (χ0n) is 19.1. The molecule has 2 saturated heterocycles. The first-order valence-corrected chi connectivity index (χ1v) is 11.3. The highest BCUT2D eigenvalue weighted by Crippen LogP contribution is 2.32. The second-order valence-corrected chi connectivity index (χ2v) is 8.62. The third kappa shape index (κ3) is 5.66. The highest BCUT2D eigenvalue weighted by molar-refractivity contribution is 5.90. The Morgan fingerprint density at radius 1 is 1.24 bits per heavy atom. The van der Waals surface area contributed by atoms with Gasteiger partial charge in [0.1, 0.15) is 17.7 Å². The standard InChI is InChI=1S/C24H30FN5O3/c1-17-13-20(30-16-21(33-24(30)32)4-3-18(2)31)14-22(25)23(17)28-10-9-27-29(12-11-28)15-19-5-7-26-8-6-19/h5-8,13-14,21,27H,3-4,9-12,15-16H2,1-2H3/t21-/m0/s1. The summed E-state index contributed by atoms with van der Waals surface area (Å²) >= 11 is 0. The van der Waals surface area contributed by atoms with Crippen molar-refractivity contribution < 1.29 is 18.7 Å². The van der Waals surface area contributed by atoms with E-state index in [1.54, 1.807) is 12.4 Å². The first-order valence-electron chi connectivity index (χ1n) is 11.3. The number of nitrogens with zero attached hydrogens (tertiary/aromatic N) is 4. The predicted octanol–water partition coefficient (Wildman–Crippen LogP) is 3.05. The lowest BCUT2D eigenvalue weighted by molar-refractivity contribution is -0.117. The molecule has 0 aliphatic carbocycles. The van der Waals surface area contributed by atoms with Crippen LogP contribution in [0.2, 0.25) is 0 Å². The molecular weight excluding hydrogens is 425 g/mol. The van der Waals surface area contributed by atoms with Crippen molar-refractivity contribution in [3.63, 3.8) is 0 Å². The Hall–Kier alpha value is -3.04. The average molecular weight is 456 g/mol. The summed E-state index contributed by atoms with van der Waals surface area (Å²) in [7, 11) is 0. The van der Waals surface area contributed by atoms with E-state index in [1.165, 1.54) is 17.9 Å². The first-order chi connectivity index (χ1) is 15.9. The maximum atomic E-state index is 15.3. The van der Waals surface area contributed by atoms with Gasteiger partial charge >= 0.3 is 6.09 Å². The number of ketones is 1. The zero-order chi connectivity index (χ0) is 23.4. The maximum Gasteiger partial charge on any atom is 0.414 e. The second kappa shape index (κ2) is 10.3. The van der Waals surface area contributed by atoms with Crippen molar-refractivity contribution in [1.29, 1.82) is 0 Å². The molecule has 0 spiro atoms. The van der Waals surface area contributed by atoms with Crippen LogP contribution in [0.15, 0.2) is 36.7 Å². The van der Waals surface area contributed by atoms with E-state index in [4.69, 9.17) is 4.74 Å². The van der Waals surface area contributed by atoms with Gasteiger partial charge in [-0.1, -0.05) is 0 Å². The van der Waals surface area contributed by atoms with Crippen LogP contribution >= 0.6 is 0 Å². The van der Waals surface area contributed by atoms with Crippen molar-refractivity contribution in [2.75, 3.05) is 42.5 Å². The summed E-state index contributed by atoms with van der Waals surface area (Å²) in [6.07, 6.45) is 3.55. The zero-order valence-corrected chi connectivity index (χ0v) is 19.1. The molecule has 9 heteroatoms. The fraction of sp³-hybridized carbons (Fsp3) is 0.458. The van der Waals surface area contributed by atoms with Gasteiger partial charge in [-0.05, 0) is 55.7 Å². The van der Waals surface area contributed by atoms with Crippen LogP contribution in [0.5, 0.6) is 0 Å². The van der Waals surface area contributed by atoms with Crippen molar-refractivity contribution >= 4 is 23.3 Å². The average Bonchev–Trinajstić information content (AvgIpc) is 3.01. The normalized spacial score (nSPS) is 19.5. The number of carbonyl (C=O) groups is 2. The number of hydrogen-bond acceptors (Lipinski definition) is 7. The molecular formula is C24H30FN5O3. The second-order valence-electron chi connectivity index (χ2n) is 8.62. The van der Waals surface area contributed by atoms with Crippen LogP contribution in [0.25, 0.3) is 0 Å². The third-order valence-corrected chi connectivity index (χ3v) is 6.04. The number of hydrogen-bond donors (Lipinski definition) is 1. The number of nitrogens with one attached hydrogen (secondary N) is 1. The lowest BCUT2D eigenvalue weighted by Gasteiger charge is -2.26. The van der Waals surface area contributed by atoms with E-state index < -0.39 is 6.09 Å². The number of amides is 1. The summed E-state index contributed by atoms with van der Waals surface area (Å²) in [6.45, 7) is 7.23. The van der Waals surface area contributed by atoms with Crippen molar-refractivity contribution in [2.24, 2.45) is 0 Å². The summed E-state index contributed by atoms with van der Waals surface area (Å²) < 4.78 is 20.7. The number of cyclic esters (lactones) is 1. The molecule has 2 aliphatic heterocycles. The number of benzene rings is 1. The molecule has 1 aromatic heterocycles. The molecule has 176 valence electrons. The van der Waals surface area contributed by atoms with Gasteiger partial charge in [-0.2, -0.15) is 0 Å². The quantitative estimate of drug-likeness (QED) is 0.688. The molecule has 1 aromatic carbocycles. The number of hydrazine groups is 1. The Morgan fingerprint density at radius 3 is 2.76 bits per heavy atom. The Morgan fingerprint density at radius 2 is 2.03 bits per heavy atom. The molecule has 4 rings (SSSR count). The Balaban J connectivity index is 1.43. The Kier molecular flexibility index (Phi) is 7.20. The van der Waals surface area contributed by atoms with E-state index in [1.807, 2.05) is 30.0 Å². The number of aromatic nitrogens is 1. The predicted molar refractivity (Wildman–Crippen MR) is 124 cm³/mol. The van der Waals surface area contributed by atoms with Gasteiger partial charge in [0.05, 0.1) is 17.9 Å². The summed E-state index contributed by atoms with van der Waals surface area (Å²) in [6, 6.07) is 7.21. The monoisotopic (exact) mass is 455 g/mol. The van der Waals surface area contributed by atoms with Gasteiger partial charge in [-0.25, -0.2) is 14.2 Å². The van der Waals surface area contributed by atoms with Crippen molar-refractivity contribution in [2.45, 2.75) is 39.3 Å². The molecule has 2 fully saturated rings. The number of rotatable bonds is 7. The number of anilines is 2. The molecule has 2 aliphatic rings. The van der Waals surface area contributed by atoms with Gasteiger partial charge in [0, 0.05) is 51.5 Å². The fourth-order valence-electron chi connectivity index (χ4n) is 4.36. The highest BCUT2D eigenvalue weighted by Gasteiger charge is 2.33. The van der Waals surface area contributed by atoms with Crippen LogP contribution in [-0.2, 0) is 16.1 Å². The molecule has 1 amide bonds. The molecule has 2 aromatic rings. The van der Waals surface area contributed by atoms with E-state index in [2.05, 4.69) is 15.4 Å². The number of carbonyl (C=O) groups excluding carboxylic acids is 2. The molecule has 1 atom stereocenters. The maximum absolute atomic E-state index is 15.3. The molecule has 1 N–H and O–H groups in total. The lowest BCUT2D eigenvalue weighted by atomic mass is 10.1. The van der Waals surface area contributed by atoms with Crippen LogP contribution in [0.4, 0.5) is 20.6 Å². The summed E-state index contributed by atoms with van der Waals surface area (Å²) in [4.78, 5) is 31.1. The summed E-state index contributed by atoms with van der Waals surface area (Å²) in [5.74, 6) is -0.297. The fourth-order valence-corrected chi connectivity index (χ4v) is 4.36. The summed E-state index contributed by atoms with van der Waals surface area (Å²) in [5, 5.41) is 2.14. The van der Waals surface area contributed by atoms with E-state index in [0.717, 1.165) is 24.2 Å². The van der Waals surface area contributed by atoms with Crippen molar-refractivity contribution in [3.8, 4) is 0 Å². The van der Waals surface area contributed by atoms with Crippen molar-refractivity contribution in [3.05, 3.63) is 53.6 Å². The summed E-state index contributed by atoms with van der Waals surface area (Å²) in [5.41, 5.74) is 6.39. The third-order valence-electron chi connectivity index (χ3n) is 6.04. The topological polar surface area (TPSA) is 78.0 Å². The smallest absolute Gasteiger partial charge is 0.414 e. The molecule has 0 unspecified atom stereocenters. The van der Waals surface area contributed by atoms with Gasteiger partial charge in [0.2, 0.25) is 0 Å². The Labute approximate surface area is 193 Å². The first kappa shape index (κ1) is 23.1. The number of Topliss-reactive ketones (excluding diaryl/α,β-unsaturated/α-hetero) is 1. The van der Waals surface area contributed by atoms with Gasteiger partial charge in [-0.15, -0.1) is 0 Å². The molecule has 0 bridgehead atoms. The molecule has 33 heavy (non-hydrogen) atoms. The minimum Gasteiger partial charge on any atom is -0.444 e. The molecule has 8 nitrogen and oxygen atoms in total. The van der Waals surface area contributed by atoms with Gasteiger partial charge in [0.25, 0.3) is 0 Å². The van der Waals surface area contributed by atoms with Crippen LogP contribution in [0.3, 0.4) is 0 Å². The number of aryl methyl sites for hydroxylation is 1. The van der Waals surface area contributed by atoms with Gasteiger partial charge in [-0.3, -0.25) is 15.3 Å². The number of halogens is 1. The van der Waals surface area contributed by atoms with E-state index in [-0.39, 0.29) is 17.7 Å². The van der Waals surface area contributed by atoms with Gasteiger partial charge in [0.15, 0.2) is 0 Å². The molecule has 3 heterocycles. The Bertz CT molecular complexity index is 980. The largest absolute Gasteiger partial charge is 0.444 e. The highest BCUT2D eigenvalue weighted by atomic mass is 19.1. The SMILES string of the molecule is CC(=O)CC[C@H]1CN(c2cc(C)c(N3CCNN(Cc4ccncc4)CC3)c(F)c2)C(=O)O1. The number of pyridine rings is 1. The van der Waals surface area contributed by atoms with Crippen LogP contribution < -0.4 is 15.2 Å². The van der Waals surface area contributed by atoms with E-state index in [9.17, 15) is 9.59 Å². The molecule has 0 radical (unpaired) electrons.